The van der Waals surface area contributed by atoms with Gasteiger partial charge in [-0.15, -0.1) is 0 Å². The number of ether oxygens (including phenoxy) is 6. The van der Waals surface area contributed by atoms with Gasteiger partial charge < -0.3 is 38.4 Å². The summed E-state index contributed by atoms with van der Waals surface area (Å²) in [5.74, 6) is 0.500. The van der Waals surface area contributed by atoms with Gasteiger partial charge in [0.1, 0.15) is 18.5 Å². The molecule has 0 amide bonds. The van der Waals surface area contributed by atoms with Crippen molar-refractivity contribution in [3.05, 3.63) is 89.0 Å². The zero-order chi connectivity index (χ0) is 34.8. The highest BCUT2D eigenvalue weighted by atomic mass is 32.2. The molecular weight excluding hydrogens is 648 g/mol. The van der Waals surface area contributed by atoms with E-state index in [4.69, 9.17) is 28.4 Å². The van der Waals surface area contributed by atoms with Gasteiger partial charge in [0.25, 0.3) is 0 Å². The summed E-state index contributed by atoms with van der Waals surface area (Å²) in [5.41, 5.74) is 4.89. The Bertz CT molecular complexity index is 1570. The second kappa shape index (κ2) is 17.7. The third kappa shape index (κ3) is 9.59. The molecule has 3 aromatic rings. The van der Waals surface area contributed by atoms with Crippen LogP contribution in [0.3, 0.4) is 0 Å². The van der Waals surface area contributed by atoms with Gasteiger partial charge in [0, 0.05) is 53.5 Å². The van der Waals surface area contributed by atoms with Crippen molar-refractivity contribution in [3.8, 4) is 5.75 Å². The Morgan fingerprint density at radius 2 is 1.57 bits per heavy atom. The summed E-state index contributed by atoms with van der Waals surface area (Å²) in [6.07, 6.45) is -1.17. The minimum atomic E-state index is -3.89. The van der Waals surface area contributed by atoms with Crippen LogP contribution >= 0.6 is 0 Å². The molecule has 268 valence electrons. The van der Waals surface area contributed by atoms with Crippen LogP contribution in [0.4, 0.5) is 5.69 Å². The summed E-state index contributed by atoms with van der Waals surface area (Å²) in [6.45, 7) is 5.86. The van der Waals surface area contributed by atoms with Crippen molar-refractivity contribution in [3.63, 3.8) is 0 Å². The second-order valence-corrected chi connectivity index (χ2v) is 14.6. The minimum absolute atomic E-state index is 0.0222. The third-order valence-electron chi connectivity index (χ3n) is 8.99. The van der Waals surface area contributed by atoms with E-state index in [1.807, 2.05) is 43.3 Å². The first kappa shape index (κ1) is 37.2. The smallest absolute Gasteiger partial charge is 0.243 e. The van der Waals surface area contributed by atoms with Crippen LogP contribution in [-0.2, 0) is 46.9 Å². The van der Waals surface area contributed by atoms with Crippen LogP contribution in [0.2, 0.25) is 0 Å². The van der Waals surface area contributed by atoms with Gasteiger partial charge in [-0.2, -0.15) is 4.31 Å². The van der Waals surface area contributed by atoms with E-state index >= 15 is 0 Å². The fourth-order valence-corrected chi connectivity index (χ4v) is 7.93. The highest BCUT2D eigenvalue weighted by Gasteiger charge is 2.44. The monoisotopic (exact) mass is 698 g/mol. The molecule has 0 aromatic heterocycles. The Morgan fingerprint density at radius 3 is 2.27 bits per heavy atom. The molecule has 1 unspecified atom stereocenters. The number of sulfonamides is 1. The van der Waals surface area contributed by atoms with Crippen molar-refractivity contribution in [2.24, 2.45) is 0 Å². The molecule has 0 spiro atoms. The molecule has 11 nitrogen and oxygen atoms in total. The Balaban J connectivity index is 1.46. The highest BCUT2D eigenvalue weighted by Crippen LogP contribution is 2.37. The molecule has 0 bridgehead atoms. The Hall–Kier alpha value is -3.07. The van der Waals surface area contributed by atoms with Crippen LogP contribution in [0.5, 0.6) is 5.75 Å². The molecule has 0 saturated carbocycles. The normalized spacial score (nSPS) is 20.5. The Kier molecular flexibility index (Phi) is 13.5. The first-order valence-corrected chi connectivity index (χ1v) is 18.2. The first-order valence-electron chi connectivity index (χ1n) is 16.8. The van der Waals surface area contributed by atoms with Crippen LogP contribution < -0.4 is 9.64 Å². The molecule has 1 saturated heterocycles. The molecular formula is C37H50N2O9S. The van der Waals surface area contributed by atoms with Crippen molar-refractivity contribution < 1.29 is 41.9 Å². The molecule has 3 aromatic carbocycles. The molecule has 2 heterocycles. The topological polar surface area (TPSA) is 116 Å². The number of aryl methyl sites for hydroxylation is 1. The van der Waals surface area contributed by atoms with Gasteiger partial charge in [-0.05, 0) is 54.3 Å². The zero-order valence-corrected chi connectivity index (χ0v) is 29.8. The van der Waals surface area contributed by atoms with E-state index in [0.717, 1.165) is 53.2 Å². The van der Waals surface area contributed by atoms with E-state index in [0.29, 0.717) is 19.8 Å². The molecule has 2 aliphatic rings. The number of fused-ring (bicyclic) bond motifs is 1. The number of rotatable bonds is 17. The van der Waals surface area contributed by atoms with Crippen molar-refractivity contribution in [1.29, 1.82) is 0 Å². The second-order valence-electron chi connectivity index (χ2n) is 12.6. The van der Waals surface area contributed by atoms with Gasteiger partial charge >= 0.3 is 0 Å². The summed E-state index contributed by atoms with van der Waals surface area (Å²) in [4.78, 5) is 2.51. The number of piperidine rings is 1. The number of aliphatic hydroxyl groups excluding tert-OH is 1. The van der Waals surface area contributed by atoms with E-state index in [2.05, 4.69) is 11.0 Å². The molecule has 12 heteroatoms. The molecule has 1 fully saturated rings. The maximum atomic E-state index is 14.1. The number of methoxy groups -OCH3 is 3. The summed E-state index contributed by atoms with van der Waals surface area (Å²) < 4.78 is 64.4. The lowest BCUT2D eigenvalue weighted by Gasteiger charge is -2.43. The summed E-state index contributed by atoms with van der Waals surface area (Å²) in [6, 6.07) is 21.0. The van der Waals surface area contributed by atoms with Gasteiger partial charge in [0.2, 0.25) is 10.0 Å². The SMILES string of the molecule is COCCCN1CCOc2ccc(CO[C@H]3CN(S(=O)(=O)c4ccc(C)cc4)C[C@@H](OCC(O)COC)[C@@H]3c3ccc(COC)cc3)cc21. The Morgan fingerprint density at radius 1 is 0.857 bits per heavy atom. The lowest BCUT2D eigenvalue weighted by Crippen LogP contribution is -2.54. The number of aliphatic hydroxyl groups is 1. The number of benzene rings is 3. The molecule has 49 heavy (non-hydrogen) atoms. The van der Waals surface area contributed by atoms with Gasteiger partial charge in [-0.25, -0.2) is 8.42 Å². The quantitative estimate of drug-likeness (QED) is 0.206. The molecule has 4 atom stereocenters. The predicted octanol–water partition coefficient (Wildman–Crippen LogP) is 4.14. The lowest BCUT2D eigenvalue weighted by atomic mass is 9.85. The van der Waals surface area contributed by atoms with Crippen LogP contribution in [0.15, 0.2) is 71.6 Å². The van der Waals surface area contributed by atoms with Gasteiger partial charge in [0.15, 0.2) is 0 Å². The van der Waals surface area contributed by atoms with Crippen LogP contribution in [0.25, 0.3) is 0 Å². The fraction of sp³-hybridized carbons (Fsp3) is 0.514. The van der Waals surface area contributed by atoms with Crippen LogP contribution in [0.1, 0.15) is 34.6 Å². The van der Waals surface area contributed by atoms with Crippen LogP contribution in [-0.4, -0.2) is 110 Å². The Labute approximate surface area is 290 Å². The molecule has 2 aliphatic heterocycles. The van der Waals surface area contributed by atoms with E-state index in [-0.39, 0.29) is 43.7 Å². The van der Waals surface area contributed by atoms with E-state index in [9.17, 15) is 13.5 Å². The minimum Gasteiger partial charge on any atom is -0.490 e. The molecule has 0 radical (unpaired) electrons. The summed E-state index contributed by atoms with van der Waals surface area (Å²) in [7, 11) is 0.987. The third-order valence-corrected chi connectivity index (χ3v) is 10.8. The number of hydrogen-bond donors (Lipinski definition) is 1. The maximum absolute atomic E-state index is 14.1. The average Bonchev–Trinajstić information content (AvgIpc) is 3.10. The number of hydrogen-bond acceptors (Lipinski definition) is 10. The van der Waals surface area contributed by atoms with Gasteiger partial charge in [-0.1, -0.05) is 48.0 Å². The maximum Gasteiger partial charge on any atom is 0.243 e. The van der Waals surface area contributed by atoms with E-state index in [1.165, 1.54) is 11.4 Å². The van der Waals surface area contributed by atoms with Gasteiger partial charge in [-0.3, -0.25) is 0 Å². The number of nitrogens with zero attached hydrogens (tertiary/aromatic N) is 2. The summed E-state index contributed by atoms with van der Waals surface area (Å²) in [5, 5.41) is 10.5. The van der Waals surface area contributed by atoms with E-state index in [1.54, 1.807) is 38.5 Å². The highest BCUT2D eigenvalue weighted by molar-refractivity contribution is 7.89. The lowest BCUT2D eigenvalue weighted by molar-refractivity contribution is -0.0997. The standard InChI is InChI=1S/C37H50N2O9S/c1-27-6-13-32(14-7-27)49(41,42)39-21-35(47-24-29-10-15-34-33(20-29)38(17-19-46-34)16-5-18-43-2)37(30-11-8-28(9-12-30)23-44-3)36(22-39)48-26-31(40)25-45-4/h6-15,20,31,35-37,40H,5,16-19,21-26H2,1-4H3/t31?,35-,36+,37+/m0/s1. The van der Waals surface area contributed by atoms with E-state index < -0.39 is 28.3 Å². The molecule has 5 rings (SSSR count). The summed E-state index contributed by atoms with van der Waals surface area (Å²) >= 11 is 0. The van der Waals surface area contributed by atoms with Crippen molar-refractivity contribution in [2.75, 3.05) is 78.8 Å². The van der Waals surface area contributed by atoms with Crippen molar-refractivity contribution in [2.45, 2.75) is 55.7 Å². The van der Waals surface area contributed by atoms with Crippen LogP contribution in [0, 0.1) is 6.92 Å². The predicted molar refractivity (Wildman–Crippen MR) is 187 cm³/mol. The van der Waals surface area contributed by atoms with Crippen molar-refractivity contribution in [1.82, 2.24) is 4.31 Å². The largest absolute Gasteiger partial charge is 0.490 e. The van der Waals surface area contributed by atoms with Crippen molar-refractivity contribution >= 4 is 15.7 Å². The van der Waals surface area contributed by atoms with Gasteiger partial charge in [0.05, 0.1) is 55.8 Å². The molecule has 1 N–H and O–H groups in total. The fourth-order valence-electron chi connectivity index (χ4n) is 6.46. The first-order chi connectivity index (χ1) is 23.7. The zero-order valence-electron chi connectivity index (χ0n) is 29.0. The molecule has 0 aliphatic carbocycles. The average molecular weight is 699 g/mol. The number of anilines is 1.